The van der Waals surface area contributed by atoms with Gasteiger partial charge in [-0.2, -0.15) is 0 Å². The third-order valence-corrected chi connectivity index (χ3v) is 0.622. The van der Waals surface area contributed by atoms with Crippen LogP contribution in [0.3, 0.4) is 0 Å². The van der Waals surface area contributed by atoms with Gasteiger partial charge in [-0.1, -0.05) is 13.2 Å². The van der Waals surface area contributed by atoms with Gasteiger partial charge in [0, 0.05) is 6.08 Å². The average molecular weight is 141 g/mol. The summed E-state index contributed by atoms with van der Waals surface area (Å²) in [4.78, 5) is 20.7. The van der Waals surface area contributed by atoms with Gasteiger partial charge in [0.2, 0.25) is 0 Å². The van der Waals surface area contributed by atoms with Crippen LogP contribution in [0.1, 0.15) is 0 Å². The second kappa shape index (κ2) is 3.45. The topological polar surface area (TPSA) is 69.4 Å². The van der Waals surface area contributed by atoms with E-state index in [1.807, 2.05) is 0 Å². The van der Waals surface area contributed by atoms with Crippen LogP contribution in [0.2, 0.25) is 0 Å². The van der Waals surface area contributed by atoms with E-state index in [1.54, 1.807) is 0 Å². The van der Waals surface area contributed by atoms with Crippen molar-refractivity contribution in [1.29, 1.82) is 0 Å². The molecule has 0 atom stereocenters. The molecule has 0 rings (SSSR count). The molecule has 0 aromatic heterocycles. The van der Waals surface area contributed by atoms with Crippen molar-refractivity contribution >= 4 is 11.9 Å². The molecule has 10 heavy (non-hydrogen) atoms. The van der Waals surface area contributed by atoms with Crippen LogP contribution in [0.4, 0.5) is 0 Å². The second-order valence-corrected chi connectivity index (χ2v) is 1.44. The minimum atomic E-state index is -0.940. The molecule has 0 heterocycles. The maximum absolute atomic E-state index is 10.4. The molecular weight excluding hydrogens is 134 g/mol. The minimum Gasteiger partial charge on any atom is -0.393 e. The van der Waals surface area contributed by atoms with Crippen molar-refractivity contribution in [3.8, 4) is 0 Å². The van der Waals surface area contributed by atoms with Gasteiger partial charge in [0.15, 0.2) is 0 Å². The van der Waals surface area contributed by atoms with Crippen LogP contribution >= 0.6 is 0 Å². The summed E-state index contributed by atoms with van der Waals surface area (Å²) in [6.07, 6.45) is 0.862. The average Bonchev–Trinajstić information content (AvgIpc) is 1.87. The summed E-state index contributed by atoms with van der Waals surface area (Å²) in [6.45, 7) is 6.13. The first-order valence-corrected chi connectivity index (χ1v) is 2.41. The minimum absolute atomic E-state index is 0.310. The fourth-order valence-electron chi connectivity index (χ4n) is 0.199. The Morgan fingerprint density at radius 2 is 2.00 bits per heavy atom. The third kappa shape index (κ3) is 2.66. The van der Waals surface area contributed by atoms with Crippen molar-refractivity contribution in [1.82, 2.24) is 0 Å². The lowest BCUT2D eigenvalue weighted by Gasteiger charge is -1.95. The van der Waals surface area contributed by atoms with Crippen LogP contribution in [0.15, 0.2) is 24.9 Å². The van der Waals surface area contributed by atoms with Crippen LogP contribution in [0.5, 0.6) is 0 Å². The molecule has 0 aromatic carbocycles. The van der Waals surface area contributed by atoms with E-state index < -0.39 is 11.9 Å². The molecule has 2 N–H and O–H groups in total. The van der Waals surface area contributed by atoms with Crippen molar-refractivity contribution < 1.29 is 14.3 Å². The maximum atomic E-state index is 10.4. The standard InChI is InChI=1S/C6H7NO3/c1-3-5(8)10-6(9)4(2)7/h3H,1-2,7H2. The Morgan fingerprint density at radius 3 is 2.30 bits per heavy atom. The molecule has 0 aliphatic carbocycles. The molecule has 0 saturated carbocycles. The lowest BCUT2D eigenvalue weighted by atomic mass is 10.5. The number of esters is 2. The number of hydrogen-bond donors (Lipinski definition) is 1. The van der Waals surface area contributed by atoms with Gasteiger partial charge >= 0.3 is 11.9 Å². The number of carbonyl (C=O) groups excluding carboxylic acids is 2. The predicted molar refractivity (Wildman–Crippen MR) is 34.6 cm³/mol. The maximum Gasteiger partial charge on any atom is 0.361 e. The first kappa shape index (κ1) is 8.42. The Labute approximate surface area is 58.0 Å². The zero-order valence-electron chi connectivity index (χ0n) is 5.29. The summed E-state index contributed by atoms with van der Waals surface area (Å²) in [7, 11) is 0. The normalized spacial score (nSPS) is 8.00. The predicted octanol–water partition coefficient (Wildman–Crippen LogP) is -0.285. The van der Waals surface area contributed by atoms with E-state index in [0.717, 1.165) is 6.08 Å². The van der Waals surface area contributed by atoms with Gasteiger partial charge in [-0.3, -0.25) is 0 Å². The van der Waals surface area contributed by atoms with Crippen molar-refractivity contribution in [2.45, 2.75) is 0 Å². The van der Waals surface area contributed by atoms with E-state index in [-0.39, 0.29) is 5.70 Å². The highest BCUT2D eigenvalue weighted by Gasteiger charge is 2.06. The van der Waals surface area contributed by atoms with Crippen molar-refractivity contribution in [2.75, 3.05) is 0 Å². The third-order valence-electron chi connectivity index (χ3n) is 0.622. The van der Waals surface area contributed by atoms with Crippen molar-refractivity contribution in [2.24, 2.45) is 5.73 Å². The van der Waals surface area contributed by atoms with E-state index in [4.69, 9.17) is 5.73 Å². The number of ether oxygens (including phenoxy) is 1. The monoisotopic (exact) mass is 141 g/mol. The van der Waals surface area contributed by atoms with E-state index in [0.29, 0.717) is 0 Å². The first-order valence-electron chi connectivity index (χ1n) is 2.41. The molecule has 4 nitrogen and oxygen atoms in total. The molecule has 54 valence electrons. The van der Waals surface area contributed by atoms with E-state index in [2.05, 4.69) is 17.9 Å². The van der Waals surface area contributed by atoms with E-state index in [1.165, 1.54) is 0 Å². The van der Waals surface area contributed by atoms with E-state index in [9.17, 15) is 9.59 Å². The number of nitrogens with two attached hydrogens (primary N) is 1. The lowest BCUT2D eigenvalue weighted by Crippen LogP contribution is -2.16. The molecule has 0 fully saturated rings. The van der Waals surface area contributed by atoms with Gasteiger partial charge in [0.1, 0.15) is 5.70 Å². The van der Waals surface area contributed by atoms with Gasteiger partial charge in [-0.05, 0) is 0 Å². The Balaban J connectivity index is 3.92. The van der Waals surface area contributed by atoms with Gasteiger partial charge in [0.25, 0.3) is 0 Å². The molecule has 4 heteroatoms. The fraction of sp³-hybridized carbons (Fsp3) is 0. The summed E-state index contributed by atoms with van der Waals surface area (Å²) in [5.74, 6) is -1.78. The smallest absolute Gasteiger partial charge is 0.361 e. The highest BCUT2D eigenvalue weighted by molar-refractivity contribution is 5.98. The summed E-state index contributed by atoms with van der Waals surface area (Å²) < 4.78 is 4.04. The fourth-order valence-corrected chi connectivity index (χ4v) is 0.199. The molecule has 0 radical (unpaired) electrons. The second-order valence-electron chi connectivity index (χ2n) is 1.44. The van der Waals surface area contributed by atoms with Crippen LogP contribution in [-0.4, -0.2) is 11.9 Å². The summed E-state index contributed by atoms with van der Waals surface area (Å²) in [6, 6.07) is 0. The first-order chi connectivity index (χ1) is 4.57. The molecule has 0 bridgehead atoms. The molecule has 0 saturated heterocycles. The molecule has 0 unspecified atom stereocenters. The molecular formula is C6H7NO3. The number of carbonyl (C=O) groups is 2. The summed E-state index contributed by atoms with van der Waals surface area (Å²) in [5.41, 5.74) is 4.57. The van der Waals surface area contributed by atoms with Crippen molar-refractivity contribution in [3.05, 3.63) is 24.9 Å². The zero-order chi connectivity index (χ0) is 8.15. The van der Waals surface area contributed by atoms with E-state index >= 15 is 0 Å². The zero-order valence-corrected chi connectivity index (χ0v) is 5.29. The summed E-state index contributed by atoms with van der Waals surface area (Å²) >= 11 is 0. The van der Waals surface area contributed by atoms with Gasteiger partial charge in [-0.25, -0.2) is 9.59 Å². The lowest BCUT2D eigenvalue weighted by molar-refractivity contribution is -0.153. The Hall–Kier alpha value is -1.58. The highest BCUT2D eigenvalue weighted by atomic mass is 16.6. The largest absolute Gasteiger partial charge is 0.393 e. The van der Waals surface area contributed by atoms with Crippen LogP contribution in [0, 0.1) is 0 Å². The molecule has 0 aliphatic heterocycles. The van der Waals surface area contributed by atoms with Gasteiger partial charge in [-0.15, -0.1) is 0 Å². The quantitative estimate of drug-likeness (QED) is 0.326. The van der Waals surface area contributed by atoms with Gasteiger partial charge < -0.3 is 10.5 Å². The van der Waals surface area contributed by atoms with Gasteiger partial charge in [0.05, 0.1) is 0 Å². The Kier molecular flexibility index (Phi) is 2.90. The molecule has 0 aliphatic rings. The van der Waals surface area contributed by atoms with Crippen LogP contribution in [-0.2, 0) is 14.3 Å². The molecule has 0 aromatic rings. The highest BCUT2D eigenvalue weighted by Crippen LogP contribution is 1.86. The Bertz CT molecular complexity index is 195. The molecule has 0 amide bonds. The van der Waals surface area contributed by atoms with Crippen LogP contribution in [0.25, 0.3) is 0 Å². The summed E-state index contributed by atoms with van der Waals surface area (Å²) in [5, 5.41) is 0. The number of rotatable bonds is 2. The molecule has 0 spiro atoms. The number of hydrogen-bond acceptors (Lipinski definition) is 4. The Morgan fingerprint density at radius 1 is 1.50 bits per heavy atom. The van der Waals surface area contributed by atoms with Crippen molar-refractivity contribution in [3.63, 3.8) is 0 Å². The van der Waals surface area contributed by atoms with Crippen LogP contribution < -0.4 is 5.73 Å². The SMILES string of the molecule is C=CC(=O)OC(=O)C(=C)N.